The fourth-order valence-electron chi connectivity index (χ4n) is 7.94. The van der Waals surface area contributed by atoms with E-state index < -0.39 is 0 Å². The largest absolute Gasteiger partial charge is 0.308 e. The summed E-state index contributed by atoms with van der Waals surface area (Å²) in [7, 11) is 0. The van der Waals surface area contributed by atoms with Gasteiger partial charge in [0.15, 0.2) is 5.69 Å². The van der Waals surface area contributed by atoms with Gasteiger partial charge in [0.1, 0.15) is 11.2 Å². The van der Waals surface area contributed by atoms with Gasteiger partial charge in [0.05, 0.1) is 39.7 Å². The predicted molar refractivity (Wildman–Crippen MR) is 196 cm³/mol. The molecule has 5 aromatic heterocycles. The molecule has 0 radical (unpaired) electrons. The summed E-state index contributed by atoms with van der Waals surface area (Å²) in [4.78, 5) is 18.7. The quantitative estimate of drug-likeness (QED) is 0.183. The van der Waals surface area contributed by atoms with E-state index in [2.05, 4.69) is 105 Å². The molecule has 0 aliphatic rings. The summed E-state index contributed by atoms with van der Waals surface area (Å²) < 4.78 is 4.68. The monoisotopic (exact) mass is 610 g/mol. The van der Waals surface area contributed by atoms with Crippen LogP contribution in [0.3, 0.4) is 0 Å². The maximum absolute atomic E-state index is 7.44. The molecular formula is C42H22N6. The van der Waals surface area contributed by atoms with Crippen molar-refractivity contribution in [2.45, 2.75) is 0 Å². The van der Waals surface area contributed by atoms with Gasteiger partial charge in [0, 0.05) is 44.1 Å². The topological polar surface area (TPSA) is 52.4 Å². The highest BCUT2D eigenvalue weighted by Crippen LogP contribution is 2.48. The Morgan fingerprint density at radius 3 is 2.17 bits per heavy atom. The summed E-state index contributed by atoms with van der Waals surface area (Å²) >= 11 is 0. The van der Waals surface area contributed by atoms with Gasteiger partial charge in [-0.2, -0.15) is 0 Å². The van der Waals surface area contributed by atoms with Crippen LogP contribution in [0.4, 0.5) is 5.69 Å². The Morgan fingerprint density at radius 2 is 1.31 bits per heavy atom. The molecule has 48 heavy (non-hydrogen) atoms. The zero-order valence-corrected chi connectivity index (χ0v) is 25.4. The molecule has 0 bridgehead atoms. The lowest BCUT2D eigenvalue weighted by atomic mass is 9.98. The minimum absolute atomic E-state index is 0.581. The van der Waals surface area contributed by atoms with Gasteiger partial charge in [-0.05, 0) is 47.2 Å². The van der Waals surface area contributed by atoms with Crippen molar-refractivity contribution >= 4 is 87.4 Å². The van der Waals surface area contributed by atoms with Crippen LogP contribution in [0.25, 0.3) is 104 Å². The Bertz CT molecular complexity index is 3180. The first kappa shape index (κ1) is 25.4. The third-order valence-electron chi connectivity index (χ3n) is 9.90. The average Bonchev–Trinajstić information content (AvgIpc) is 3.79. The van der Waals surface area contributed by atoms with Crippen LogP contribution in [0.1, 0.15) is 0 Å². The standard InChI is InChI=1S/C42H22N6/c1-43-26-19-16-25(17-20-26)39-40-31(13-8-22-44-40)45-42(46-39)48-33-15-7-5-12-29(33)37-35(48)23-30-28-11-4-6-14-32(28)47-34-21-18-24-9-2-3-10-27(24)36(34)38(37)41(30)47/h2-23H. The summed E-state index contributed by atoms with van der Waals surface area (Å²) in [6, 6.07) is 44.3. The van der Waals surface area contributed by atoms with E-state index in [0.29, 0.717) is 11.6 Å². The Morgan fingerprint density at radius 1 is 0.562 bits per heavy atom. The van der Waals surface area contributed by atoms with Crippen molar-refractivity contribution in [3.63, 3.8) is 0 Å². The molecule has 220 valence electrons. The maximum atomic E-state index is 7.44. The zero-order valence-electron chi connectivity index (χ0n) is 25.4. The van der Waals surface area contributed by atoms with Gasteiger partial charge in [-0.3, -0.25) is 9.55 Å². The van der Waals surface area contributed by atoms with Gasteiger partial charge < -0.3 is 4.40 Å². The number of para-hydroxylation sites is 2. The van der Waals surface area contributed by atoms with E-state index in [4.69, 9.17) is 21.5 Å². The summed E-state index contributed by atoms with van der Waals surface area (Å²) in [5.74, 6) is 0.581. The van der Waals surface area contributed by atoms with Crippen LogP contribution in [0.2, 0.25) is 0 Å². The third kappa shape index (κ3) is 3.17. The second kappa shape index (κ2) is 9.12. The first-order valence-corrected chi connectivity index (χ1v) is 15.9. The number of aromatic nitrogens is 5. The number of benzene rings is 6. The number of rotatable bonds is 2. The molecule has 0 N–H and O–H groups in total. The van der Waals surface area contributed by atoms with Crippen LogP contribution in [0.15, 0.2) is 134 Å². The first-order valence-electron chi connectivity index (χ1n) is 15.9. The Kier molecular flexibility index (Phi) is 4.82. The molecule has 6 nitrogen and oxygen atoms in total. The molecular weight excluding hydrogens is 589 g/mol. The second-order valence-corrected chi connectivity index (χ2v) is 12.3. The molecule has 0 saturated carbocycles. The second-order valence-electron chi connectivity index (χ2n) is 12.3. The molecule has 11 aromatic rings. The summed E-state index contributed by atoms with van der Waals surface area (Å²) in [5.41, 5.74) is 9.43. The molecule has 0 amide bonds. The van der Waals surface area contributed by atoms with Crippen molar-refractivity contribution in [2.24, 2.45) is 0 Å². The van der Waals surface area contributed by atoms with Crippen LogP contribution >= 0.6 is 0 Å². The lowest BCUT2D eigenvalue weighted by molar-refractivity contribution is 1.01. The minimum atomic E-state index is 0.581. The molecule has 0 aliphatic carbocycles. The fourth-order valence-corrected chi connectivity index (χ4v) is 7.94. The van der Waals surface area contributed by atoms with E-state index in [-0.39, 0.29) is 0 Å². The van der Waals surface area contributed by atoms with E-state index in [1.165, 1.54) is 54.3 Å². The average molecular weight is 611 g/mol. The van der Waals surface area contributed by atoms with Crippen LogP contribution in [0, 0.1) is 6.57 Å². The molecule has 6 heteroatoms. The molecule has 5 heterocycles. The summed E-state index contributed by atoms with van der Waals surface area (Å²) in [6.45, 7) is 7.44. The van der Waals surface area contributed by atoms with Gasteiger partial charge >= 0.3 is 0 Å². The summed E-state index contributed by atoms with van der Waals surface area (Å²) in [5, 5.41) is 9.74. The van der Waals surface area contributed by atoms with Crippen molar-refractivity contribution in [2.75, 3.05) is 0 Å². The van der Waals surface area contributed by atoms with Crippen molar-refractivity contribution in [1.29, 1.82) is 0 Å². The van der Waals surface area contributed by atoms with E-state index in [1.807, 2.05) is 36.4 Å². The van der Waals surface area contributed by atoms with Crippen molar-refractivity contribution in [1.82, 2.24) is 23.9 Å². The fraction of sp³-hybridized carbons (Fsp3) is 0. The van der Waals surface area contributed by atoms with E-state index >= 15 is 0 Å². The van der Waals surface area contributed by atoms with Crippen LogP contribution in [-0.2, 0) is 0 Å². The molecule has 6 aromatic carbocycles. The van der Waals surface area contributed by atoms with Gasteiger partial charge in [-0.15, -0.1) is 0 Å². The summed E-state index contributed by atoms with van der Waals surface area (Å²) in [6.07, 6.45) is 1.78. The van der Waals surface area contributed by atoms with Gasteiger partial charge in [-0.25, -0.2) is 14.8 Å². The molecule has 0 fully saturated rings. The van der Waals surface area contributed by atoms with Gasteiger partial charge in [0.2, 0.25) is 5.95 Å². The number of pyridine rings is 1. The number of hydrogen-bond acceptors (Lipinski definition) is 3. The van der Waals surface area contributed by atoms with Crippen LogP contribution in [-0.4, -0.2) is 23.9 Å². The SMILES string of the molecule is [C-]#[N+]c1ccc(-c2nc(-n3c4ccccc4c4c5c6c7ccccc7ccc6n6c7ccccc7c(cc43)c56)nc3cccnc23)cc1. The van der Waals surface area contributed by atoms with Gasteiger partial charge in [-0.1, -0.05) is 91.0 Å². The lowest BCUT2D eigenvalue weighted by Gasteiger charge is -2.11. The smallest absolute Gasteiger partial charge is 0.235 e. The maximum Gasteiger partial charge on any atom is 0.235 e. The predicted octanol–water partition coefficient (Wildman–Crippen LogP) is 10.6. The molecule has 0 aliphatic heterocycles. The molecule has 0 saturated heterocycles. The number of fused-ring (bicyclic) bond motifs is 13. The molecule has 0 unspecified atom stereocenters. The van der Waals surface area contributed by atoms with Crippen molar-refractivity contribution in [3.05, 3.63) is 145 Å². The highest BCUT2D eigenvalue weighted by Gasteiger charge is 2.26. The van der Waals surface area contributed by atoms with E-state index in [0.717, 1.165) is 38.7 Å². The van der Waals surface area contributed by atoms with Crippen molar-refractivity contribution < 1.29 is 0 Å². The Labute approximate surface area is 272 Å². The Balaban J connectivity index is 1.37. The van der Waals surface area contributed by atoms with Crippen molar-refractivity contribution in [3.8, 4) is 17.2 Å². The molecule has 0 spiro atoms. The number of nitrogens with zero attached hydrogens (tertiary/aromatic N) is 6. The molecule has 11 rings (SSSR count). The van der Waals surface area contributed by atoms with Crippen LogP contribution in [0.5, 0.6) is 0 Å². The Hall–Kier alpha value is -6.84. The van der Waals surface area contributed by atoms with Crippen LogP contribution < -0.4 is 0 Å². The zero-order chi connectivity index (χ0) is 31.5. The highest BCUT2D eigenvalue weighted by atomic mass is 15.2. The minimum Gasteiger partial charge on any atom is -0.308 e. The normalized spacial score (nSPS) is 12.1. The lowest BCUT2D eigenvalue weighted by Crippen LogP contribution is -2.04. The number of hydrogen-bond donors (Lipinski definition) is 0. The highest BCUT2D eigenvalue weighted by molar-refractivity contribution is 6.38. The first-order chi connectivity index (χ1) is 23.8. The molecule has 0 atom stereocenters. The van der Waals surface area contributed by atoms with E-state index in [9.17, 15) is 0 Å². The van der Waals surface area contributed by atoms with Gasteiger partial charge in [0.25, 0.3) is 0 Å². The third-order valence-corrected chi connectivity index (χ3v) is 9.90. The van der Waals surface area contributed by atoms with E-state index in [1.54, 1.807) is 6.20 Å².